The van der Waals surface area contributed by atoms with E-state index >= 15 is 0 Å². The molecule has 3 nitrogen and oxygen atoms in total. The van der Waals surface area contributed by atoms with E-state index in [1.165, 1.54) is 16.1 Å². The van der Waals surface area contributed by atoms with E-state index in [1.807, 2.05) is 4.90 Å². The zero-order valence-electron chi connectivity index (χ0n) is 10.4. The van der Waals surface area contributed by atoms with Crippen LogP contribution in [0, 0.1) is 5.92 Å². The standard InChI is InChI=1S/C14H18N2O/c1-9-3-4-14-12(5-9)13(6-15-14)11-7-16(8-11)10(2)17/h4-6,9,11,15H,3,7-8H2,1-2H3. The van der Waals surface area contributed by atoms with Crippen LogP contribution in [0.2, 0.25) is 0 Å². The highest BCUT2D eigenvalue weighted by molar-refractivity contribution is 5.74. The van der Waals surface area contributed by atoms with E-state index in [0.29, 0.717) is 11.8 Å². The summed E-state index contributed by atoms with van der Waals surface area (Å²) in [7, 11) is 0. The molecule has 1 aliphatic carbocycles. The van der Waals surface area contributed by atoms with Gasteiger partial charge < -0.3 is 9.88 Å². The number of amides is 1. The largest absolute Gasteiger partial charge is 0.361 e. The summed E-state index contributed by atoms with van der Waals surface area (Å²) < 4.78 is 0. The van der Waals surface area contributed by atoms with Crippen LogP contribution in [-0.4, -0.2) is 28.9 Å². The van der Waals surface area contributed by atoms with E-state index in [-0.39, 0.29) is 5.91 Å². The van der Waals surface area contributed by atoms with Crippen molar-refractivity contribution in [2.45, 2.75) is 26.2 Å². The molecule has 2 aliphatic rings. The molecule has 0 aromatic carbocycles. The summed E-state index contributed by atoms with van der Waals surface area (Å²) in [5, 5.41) is 2.64. The molecule has 1 saturated heterocycles. The molecular weight excluding hydrogens is 212 g/mol. The number of carbonyl (C=O) groups excluding carboxylic acids is 1. The first-order valence-corrected chi connectivity index (χ1v) is 6.30. The first-order chi connectivity index (χ1) is 8.15. The van der Waals surface area contributed by atoms with Crippen molar-refractivity contribution in [2.75, 3.05) is 13.1 Å². The molecule has 90 valence electrons. The fourth-order valence-electron chi connectivity index (χ4n) is 2.75. The number of hydrogen-bond acceptors (Lipinski definition) is 1. The molecule has 1 aromatic rings. The molecule has 17 heavy (non-hydrogen) atoms. The lowest BCUT2D eigenvalue weighted by molar-refractivity contribution is -0.133. The number of fused-ring (bicyclic) bond motifs is 1. The zero-order chi connectivity index (χ0) is 12.0. The van der Waals surface area contributed by atoms with Gasteiger partial charge in [-0.25, -0.2) is 0 Å². The third kappa shape index (κ3) is 1.70. The number of nitrogens with one attached hydrogen (secondary N) is 1. The minimum absolute atomic E-state index is 0.189. The molecule has 0 spiro atoms. The number of likely N-dealkylation sites (tertiary alicyclic amines) is 1. The highest BCUT2D eigenvalue weighted by Crippen LogP contribution is 2.24. The van der Waals surface area contributed by atoms with Gasteiger partial charge in [0, 0.05) is 37.5 Å². The van der Waals surface area contributed by atoms with Crippen molar-refractivity contribution < 1.29 is 4.79 Å². The van der Waals surface area contributed by atoms with Gasteiger partial charge in [0.05, 0.1) is 0 Å². The van der Waals surface area contributed by atoms with Crippen molar-refractivity contribution in [3.05, 3.63) is 22.3 Å². The molecule has 1 amide bonds. The topological polar surface area (TPSA) is 36.1 Å². The number of aromatic amines is 1. The Balaban J connectivity index is 1.90. The Hall–Kier alpha value is -1.51. The second-order valence-electron chi connectivity index (χ2n) is 5.28. The van der Waals surface area contributed by atoms with E-state index in [9.17, 15) is 4.79 Å². The maximum atomic E-state index is 11.2. The number of rotatable bonds is 1. The Morgan fingerprint density at radius 3 is 2.94 bits per heavy atom. The summed E-state index contributed by atoms with van der Waals surface area (Å²) in [6.07, 6.45) is 7.89. The van der Waals surface area contributed by atoms with Crippen molar-refractivity contribution in [1.29, 1.82) is 0 Å². The van der Waals surface area contributed by atoms with Crippen LogP contribution >= 0.6 is 0 Å². The number of aromatic nitrogens is 1. The molecule has 0 saturated carbocycles. The fraction of sp³-hybridized carbons (Fsp3) is 0.500. The number of hydrogen-bond donors (Lipinski definition) is 1. The number of carbonyl (C=O) groups is 1. The molecule has 2 heterocycles. The average molecular weight is 230 g/mol. The van der Waals surface area contributed by atoms with Crippen LogP contribution in [0.4, 0.5) is 0 Å². The van der Waals surface area contributed by atoms with Gasteiger partial charge in [-0.15, -0.1) is 0 Å². The van der Waals surface area contributed by atoms with Gasteiger partial charge in [0.25, 0.3) is 0 Å². The Kier molecular flexibility index (Phi) is 2.35. The highest BCUT2D eigenvalue weighted by atomic mass is 16.2. The minimum Gasteiger partial charge on any atom is -0.361 e. The molecule has 0 radical (unpaired) electrons. The molecule has 1 atom stereocenters. The Morgan fingerprint density at radius 1 is 1.47 bits per heavy atom. The van der Waals surface area contributed by atoms with Crippen LogP contribution in [0.25, 0.3) is 12.2 Å². The van der Waals surface area contributed by atoms with E-state index < -0.39 is 0 Å². The van der Waals surface area contributed by atoms with Crippen LogP contribution in [-0.2, 0) is 4.79 Å². The van der Waals surface area contributed by atoms with Crippen molar-refractivity contribution >= 4 is 18.1 Å². The SMILES string of the molecule is CC(=O)N1CC(c2c[nH]c3c2=CC(C)CC=3)C1. The second kappa shape index (κ2) is 3.76. The lowest BCUT2D eigenvalue weighted by Crippen LogP contribution is -2.49. The second-order valence-corrected chi connectivity index (χ2v) is 5.28. The smallest absolute Gasteiger partial charge is 0.219 e. The zero-order valence-corrected chi connectivity index (χ0v) is 10.4. The lowest BCUT2D eigenvalue weighted by Gasteiger charge is -2.38. The van der Waals surface area contributed by atoms with E-state index in [4.69, 9.17) is 0 Å². The minimum atomic E-state index is 0.189. The first kappa shape index (κ1) is 10.6. The molecule has 1 unspecified atom stereocenters. The van der Waals surface area contributed by atoms with Crippen molar-refractivity contribution in [3.63, 3.8) is 0 Å². The highest BCUT2D eigenvalue weighted by Gasteiger charge is 2.31. The Morgan fingerprint density at radius 2 is 2.24 bits per heavy atom. The van der Waals surface area contributed by atoms with Gasteiger partial charge in [-0.2, -0.15) is 0 Å². The van der Waals surface area contributed by atoms with Crippen LogP contribution < -0.4 is 10.6 Å². The maximum absolute atomic E-state index is 11.2. The van der Waals surface area contributed by atoms with Crippen molar-refractivity contribution in [2.24, 2.45) is 5.92 Å². The van der Waals surface area contributed by atoms with Crippen LogP contribution in [0.5, 0.6) is 0 Å². The summed E-state index contributed by atoms with van der Waals surface area (Å²) in [6.45, 7) is 5.65. The van der Waals surface area contributed by atoms with Gasteiger partial charge in [-0.1, -0.05) is 19.1 Å². The predicted octanol–water partition coefficient (Wildman–Crippen LogP) is 0.561. The van der Waals surface area contributed by atoms with Crippen LogP contribution in [0.1, 0.15) is 31.7 Å². The van der Waals surface area contributed by atoms with Gasteiger partial charge >= 0.3 is 0 Å². The first-order valence-electron chi connectivity index (χ1n) is 6.30. The van der Waals surface area contributed by atoms with Crippen molar-refractivity contribution in [3.8, 4) is 0 Å². The Bertz CT molecular complexity index is 564. The summed E-state index contributed by atoms with van der Waals surface area (Å²) in [5.74, 6) is 1.34. The number of H-pyrrole nitrogens is 1. The average Bonchev–Trinajstić information content (AvgIpc) is 2.59. The fourth-order valence-corrected chi connectivity index (χ4v) is 2.75. The van der Waals surface area contributed by atoms with Crippen LogP contribution in [0.3, 0.4) is 0 Å². The quantitative estimate of drug-likeness (QED) is 0.752. The van der Waals surface area contributed by atoms with Gasteiger partial charge in [-0.3, -0.25) is 4.79 Å². The normalized spacial score (nSPS) is 23.4. The molecule has 1 fully saturated rings. The van der Waals surface area contributed by atoms with Gasteiger partial charge in [0.15, 0.2) is 0 Å². The summed E-state index contributed by atoms with van der Waals surface area (Å²) in [5.41, 5.74) is 1.39. The van der Waals surface area contributed by atoms with Gasteiger partial charge in [0.1, 0.15) is 0 Å². The third-order valence-corrected chi connectivity index (χ3v) is 3.90. The molecule has 0 bridgehead atoms. The van der Waals surface area contributed by atoms with Gasteiger partial charge in [-0.05, 0) is 23.1 Å². The lowest BCUT2D eigenvalue weighted by atomic mass is 9.90. The Labute approximate surface area is 101 Å². The van der Waals surface area contributed by atoms with Gasteiger partial charge in [0.2, 0.25) is 5.91 Å². The molecule has 1 aromatic heterocycles. The molecule has 3 heteroatoms. The van der Waals surface area contributed by atoms with Crippen molar-refractivity contribution in [1.82, 2.24) is 9.88 Å². The van der Waals surface area contributed by atoms with E-state index in [1.54, 1.807) is 6.92 Å². The maximum Gasteiger partial charge on any atom is 0.219 e. The predicted molar refractivity (Wildman–Crippen MR) is 67.7 cm³/mol. The molecular formula is C14H18N2O. The number of nitrogens with zero attached hydrogens (tertiary/aromatic N) is 1. The van der Waals surface area contributed by atoms with Crippen LogP contribution in [0.15, 0.2) is 6.20 Å². The molecule has 3 rings (SSSR count). The summed E-state index contributed by atoms with van der Waals surface area (Å²) in [6, 6.07) is 0. The monoisotopic (exact) mass is 230 g/mol. The summed E-state index contributed by atoms with van der Waals surface area (Å²) in [4.78, 5) is 16.4. The van der Waals surface area contributed by atoms with E-state index in [0.717, 1.165) is 19.5 Å². The molecule has 1 aliphatic heterocycles. The third-order valence-electron chi connectivity index (χ3n) is 3.90. The van der Waals surface area contributed by atoms with E-state index in [2.05, 4.69) is 30.3 Å². The summed E-state index contributed by atoms with van der Waals surface area (Å²) >= 11 is 0. The molecule has 1 N–H and O–H groups in total.